The molecular weight excluding hydrogens is 220 g/mol. The molecule has 0 bridgehead atoms. The van der Waals surface area contributed by atoms with Gasteiger partial charge >= 0.3 is 0 Å². The zero-order chi connectivity index (χ0) is 12.3. The maximum absolute atomic E-state index is 11.5. The van der Waals surface area contributed by atoms with Crippen LogP contribution in [0.15, 0.2) is 4.79 Å². The molecule has 0 aliphatic heterocycles. The Morgan fingerprint density at radius 3 is 2.88 bits per heavy atom. The number of rotatable bonds is 5. The molecule has 92 valence electrons. The predicted molar refractivity (Wildman–Crippen MR) is 63.7 cm³/mol. The van der Waals surface area contributed by atoms with Gasteiger partial charge in [-0.25, -0.2) is 0 Å². The highest BCUT2D eigenvalue weighted by atomic mass is 16.1. The van der Waals surface area contributed by atoms with E-state index in [-0.39, 0.29) is 17.2 Å². The van der Waals surface area contributed by atoms with E-state index in [2.05, 4.69) is 27.2 Å². The van der Waals surface area contributed by atoms with Crippen LogP contribution in [0.25, 0.3) is 5.65 Å². The third-order valence-electron chi connectivity index (χ3n) is 2.61. The van der Waals surface area contributed by atoms with E-state index in [1.165, 1.54) is 17.4 Å². The number of unbranched alkanes of at least 4 members (excludes halogenated alkanes) is 3. The van der Waals surface area contributed by atoms with E-state index < -0.39 is 0 Å². The topological polar surface area (TPSA) is 102 Å². The normalized spacial score (nSPS) is 11.1. The van der Waals surface area contributed by atoms with Crippen LogP contribution in [0.2, 0.25) is 0 Å². The minimum Gasteiger partial charge on any atom is -0.368 e. The molecular formula is C10H16N6O. The molecule has 0 aliphatic carbocycles. The Morgan fingerprint density at radius 2 is 2.12 bits per heavy atom. The van der Waals surface area contributed by atoms with E-state index in [0.29, 0.717) is 5.82 Å². The van der Waals surface area contributed by atoms with Crippen LogP contribution in [-0.4, -0.2) is 24.8 Å². The van der Waals surface area contributed by atoms with Crippen molar-refractivity contribution in [3.63, 3.8) is 0 Å². The molecule has 17 heavy (non-hydrogen) atoms. The van der Waals surface area contributed by atoms with Gasteiger partial charge in [0.25, 0.3) is 5.56 Å². The van der Waals surface area contributed by atoms with Crippen LogP contribution in [0.1, 0.15) is 38.4 Å². The van der Waals surface area contributed by atoms with Gasteiger partial charge < -0.3 is 5.73 Å². The number of nitrogens with one attached hydrogen (secondary N) is 1. The van der Waals surface area contributed by atoms with Gasteiger partial charge in [0.1, 0.15) is 0 Å². The third-order valence-corrected chi connectivity index (χ3v) is 2.61. The lowest BCUT2D eigenvalue weighted by molar-refractivity contribution is 0.641. The molecule has 0 saturated carbocycles. The molecule has 7 nitrogen and oxygen atoms in total. The number of aryl methyl sites for hydroxylation is 1. The highest BCUT2D eigenvalue weighted by molar-refractivity contribution is 5.35. The Hall–Kier alpha value is -1.92. The molecule has 2 aromatic heterocycles. The number of nitrogens with zero attached hydrogens (tertiary/aromatic N) is 4. The summed E-state index contributed by atoms with van der Waals surface area (Å²) < 4.78 is 1.43. The maximum Gasteiger partial charge on any atom is 0.297 e. The summed E-state index contributed by atoms with van der Waals surface area (Å²) in [7, 11) is 0. The second kappa shape index (κ2) is 4.94. The number of hydrogen-bond acceptors (Lipinski definition) is 5. The van der Waals surface area contributed by atoms with E-state index in [1.54, 1.807) is 0 Å². The largest absolute Gasteiger partial charge is 0.368 e. The summed E-state index contributed by atoms with van der Waals surface area (Å²) in [5.74, 6) is 0.769. The van der Waals surface area contributed by atoms with Crippen molar-refractivity contribution >= 4 is 11.6 Å². The van der Waals surface area contributed by atoms with Gasteiger partial charge in [-0.15, -0.1) is 15.3 Å². The lowest BCUT2D eigenvalue weighted by Crippen LogP contribution is -2.16. The fourth-order valence-corrected chi connectivity index (χ4v) is 1.73. The zero-order valence-electron chi connectivity index (χ0n) is 9.81. The van der Waals surface area contributed by atoms with Crippen LogP contribution >= 0.6 is 0 Å². The van der Waals surface area contributed by atoms with Gasteiger partial charge in [0.15, 0.2) is 5.82 Å². The highest BCUT2D eigenvalue weighted by Crippen LogP contribution is 2.05. The molecule has 2 rings (SSSR count). The van der Waals surface area contributed by atoms with Crippen molar-refractivity contribution in [1.82, 2.24) is 24.8 Å². The van der Waals surface area contributed by atoms with E-state index >= 15 is 0 Å². The van der Waals surface area contributed by atoms with Gasteiger partial charge in [-0.1, -0.05) is 26.2 Å². The molecule has 2 heterocycles. The second-order valence-corrected chi connectivity index (χ2v) is 4.00. The monoisotopic (exact) mass is 236 g/mol. The molecule has 0 radical (unpaired) electrons. The van der Waals surface area contributed by atoms with Crippen molar-refractivity contribution in [3.8, 4) is 0 Å². The second-order valence-electron chi connectivity index (χ2n) is 4.00. The molecule has 0 spiro atoms. The van der Waals surface area contributed by atoms with Crippen LogP contribution in [0.3, 0.4) is 0 Å². The lowest BCUT2D eigenvalue weighted by atomic mass is 10.1. The number of nitrogens with two attached hydrogens (primary N) is 1. The fourth-order valence-electron chi connectivity index (χ4n) is 1.73. The molecule has 7 heteroatoms. The average Bonchev–Trinajstić information content (AvgIpc) is 2.68. The van der Waals surface area contributed by atoms with Crippen molar-refractivity contribution in [2.24, 2.45) is 0 Å². The first-order valence-corrected chi connectivity index (χ1v) is 5.82. The molecule has 0 atom stereocenters. The van der Waals surface area contributed by atoms with Crippen molar-refractivity contribution in [3.05, 3.63) is 16.2 Å². The molecule has 0 amide bonds. The van der Waals surface area contributed by atoms with Crippen LogP contribution in [0.4, 0.5) is 5.95 Å². The minimum atomic E-state index is -0.357. The van der Waals surface area contributed by atoms with E-state index in [9.17, 15) is 4.79 Å². The maximum atomic E-state index is 11.5. The number of hydrogen-bond donors (Lipinski definition) is 2. The van der Waals surface area contributed by atoms with E-state index in [1.807, 2.05) is 0 Å². The number of nitrogen functional groups attached to an aromatic ring is 1. The highest BCUT2D eigenvalue weighted by Gasteiger charge is 2.10. The summed E-state index contributed by atoms with van der Waals surface area (Å²) in [5.41, 5.74) is 5.33. The van der Waals surface area contributed by atoms with Gasteiger partial charge in [0.05, 0.1) is 0 Å². The Bertz CT molecular complexity index is 557. The third kappa shape index (κ3) is 2.43. The summed E-state index contributed by atoms with van der Waals surface area (Å²) in [5, 5.41) is 11.8. The molecule has 0 aromatic carbocycles. The molecule has 0 fully saturated rings. The Morgan fingerprint density at radius 1 is 1.29 bits per heavy atom. The Balaban J connectivity index is 2.21. The Labute approximate surface area is 98.1 Å². The van der Waals surface area contributed by atoms with Gasteiger partial charge in [-0.05, 0) is 6.42 Å². The van der Waals surface area contributed by atoms with Crippen molar-refractivity contribution in [1.29, 1.82) is 0 Å². The molecule has 0 saturated heterocycles. The quantitative estimate of drug-likeness (QED) is 0.737. The smallest absolute Gasteiger partial charge is 0.297 e. The number of anilines is 1. The van der Waals surface area contributed by atoms with Crippen LogP contribution in [0, 0.1) is 0 Å². The lowest BCUT2D eigenvalue weighted by Gasteiger charge is -1.99. The predicted octanol–water partition coefficient (Wildman–Crippen LogP) is 0.518. The van der Waals surface area contributed by atoms with Crippen LogP contribution in [-0.2, 0) is 6.42 Å². The first-order chi connectivity index (χ1) is 8.22. The SMILES string of the molecule is CCCCCCc1nnc2c(=O)[nH]c(N)nn12. The number of aromatic nitrogens is 5. The van der Waals surface area contributed by atoms with Crippen LogP contribution < -0.4 is 11.3 Å². The fraction of sp³-hybridized carbons (Fsp3) is 0.600. The molecule has 0 unspecified atom stereocenters. The van der Waals surface area contributed by atoms with Gasteiger partial charge in [-0.3, -0.25) is 9.78 Å². The first kappa shape index (κ1) is 11.6. The van der Waals surface area contributed by atoms with Gasteiger partial charge in [-0.2, -0.15) is 4.52 Å². The number of fused-ring (bicyclic) bond motifs is 1. The van der Waals surface area contributed by atoms with Crippen molar-refractivity contribution in [2.45, 2.75) is 39.0 Å². The standard InChI is InChI=1S/C10H16N6O/c1-2-3-4-5-6-7-13-14-8-9(17)12-10(11)15-16(7)8/h2-6H2,1H3,(H3,11,12,15,17). The summed E-state index contributed by atoms with van der Waals surface area (Å²) in [6.45, 7) is 2.16. The van der Waals surface area contributed by atoms with Crippen molar-refractivity contribution < 1.29 is 0 Å². The average molecular weight is 236 g/mol. The van der Waals surface area contributed by atoms with Crippen LogP contribution in [0.5, 0.6) is 0 Å². The summed E-state index contributed by atoms with van der Waals surface area (Å²) in [4.78, 5) is 13.9. The first-order valence-electron chi connectivity index (χ1n) is 5.82. The zero-order valence-corrected chi connectivity index (χ0v) is 9.81. The molecule has 0 aliphatic rings. The van der Waals surface area contributed by atoms with Crippen molar-refractivity contribution in [2.75, 3.05) is 5.73 Å². The summed E-state index contributed by atoms with van der Waals surface area (Å²) in [6, 6.07) is 0. The summed E-state index contributed by atoms with van der Waals surface area (Å²) in [6.07, 6.45) is 5.31. The molecule has 3 N–H and O–H groups in total. The molecule has 2 aromatic rings. The minimum absolute atomic E-state index is 0.0807. The van der Waals surface area contributed by atoms with E-state index in [4.69, 9.17) is 5.73 Å². The summed E-state index contributed by atoms with van der Waals surface area (Å²) >= 11 is 0. The van der Waals surface area contributed by atoms with Gasteiger partial charge in [0.2, 0.25) is 11.6 Å². The van der Waals surface area contributed by atoms with Gasteiger partial charge in [0, 0.05) is 6.42 Å². The van der Waals surface area contributed by atoms with E-state index in [0.717, 1.165) is 19.3 Å². The number of H-pyrrole nitrogens is 1. The Kier molecular flexibility index (Phi) is 3.36. The number of aromatic amines is 1.